The number of nitrogens with zero attached hydrogens (tertiary/aromatic N) is 4. The summed E-state index contributed by atoms with van der Waals surface area (Å²) < 4.78 is 1.96. The van der Waals surface area contributed by atoms with Gasteiger partial charge in [-0.05, 0) is 54.4 Å². The van der Waals surface area contributed by atoms with Crippen LogP contribution in [-0.2, 0) is 6.54 Å². The number of thioether (sulfide) groups is 1. The molecule has 1 N–H and O–H groups in total. The van der Waals surface area contributed by atoms with E-state index in [0.29, 0.717) is 5.25 Å². The number of hydrogen-bond acceptors (Lipinski definition) is 5. The van der Waals surface area contributed by atoms with Crippen LogP contribution < -0.4 is 5.32 Å². The van der Waals surface area contributed by atoms with E-state index in [-0.39, 0.29) is 0 Å². The zero-order valence-corrected chi connectivity index (χ0v) is 13.3. The maximum absolute atomic E-state index is 4.20. The summed E-state index contributed by atoms with van der Waals surface area (Å²) in [6.45, 7) is 6.60. The fourth-order valence-corrected chi connectivity index (χ4v) is 4.12. The van der Waals surface area contributed by atoms with Crippen LogP contribution >= 0.6 is 11.8 Å². The van der Waals surface area contributed by atoms with E-state index in [0.717, 1.165) is 36.1 Å². The van der Waals surface area contributed by atoms with Crippen LogP contribution in [0.15, 0.2) is 5.16 Å². The summed E-state index contributed by atoms with van der Waals surface area (Å²) in [5.41, 5.74) is 0. The molecule has 3 rings (SSSR count). The molecule has 0 saturated heterocycles. The lowest BCUT2D eigenvalue weighted by Crippen LogP contribution is -2.24. The molecular formula is C14H25N5S. The molecule has 3 unspecified atom stereocenters. The molecule has 0 spiro atoms. The SMILES string of the molecule is CC1CCC(Sc2nnnn2CCNC2CC2)CC1C. The van der Waals surface area contributed by atoms with Crippen LogP contribution in [0.4, 0.5) is 0 Å². The lowest BCUT2D eigenvalue weighted by Gasteiger charge is -2.31. The zero-order valence-electron chi connectivity index (χ0n) is 12.5. The van der Waals surface area contributed by atoms with Crippen LogP contribution in [0.1, 0.15) is 46.0 Å². The van der Waals surface area contributed by atoms with Gasteiger partial charge in [0.25, 0.3) is 0 Å². The van der Waals surface area contributed by atoms with E-state index in [1.165, 1.54) is 32.1 Å². The van der Waals surface area contributed by atoms with Crippen LogP contribution in [0.3, 0.4) is 0 Å². The summed E-state index contributed by atoms with van der Waals surface area (Å²) in [4.78, 5) is 0. The molecule has 0 aromatic carbocycles. The van der Waals surface area contributed by atoms with E-state index in [2.05, 4.69) is 34.7 Å². The highest BCUT2D eigenvalue weighted by atomic mass is 32.2. The number of nitrogens with one attached hydrogen (secondary N) is 1. The molecule has 1 heterocycles. The lowest BCUT2D eigenvalue weighted by atomic mass is 9.81. The van der Waals surface area contributed by atoms with Gasteiger partial charge in [0.1, 0.15) is 0 Å². The number of tetrazole rings is 1. The molecule has 3 atom stereocenters. The minimum Gasteiger partial charge on any atom is -0.312 e. The second-order valence-corrected chi connectivity index (χ2v) is 7.69. The van der Waals surface area contributed by atoms with Crippen LogP contribution in [0.5, 0.6) is 0 Å². The molecule has 1 aromatic rings. The van der Waals surface area contributed by atoms with E-state index in [4.69, 9.17) is 0 Å². The van der Waals surface area contributed by atoms with Crippen molar-refractivity contribution in [1.82, 2.24) is 25.5 Å². The Morgan fingerprint density at radius 3 is 2.80 bits per heavy atom. The lowest BCUT2D eigenvalue weighted by molar-refractivity contribution is 0.283. The van der Waals surface area contributed by atoms with Crippen molar-refractivity contribution in [2.45, 2.75) is 68.9 Å². The first kappa shape index (κ1) is 14.3. The highest BCUT2D eigenvalue weighted by Crippen LogP contribution is 2.37. The Balaban J connectivity index is 1.50. The van der Waals surface area contributed by atoms with Crippen LogP contribution in [0.25, 0.3) is 0 Å². The van der Waals surface area contributed by atoms with Gasteiger partial charge in [-0.3, -0.25) is 0 Å². The summed E-state index contributed by atoms with van der Waals surface area (Å²) in [5, 5.41) is 17.4. The normalized spacial score (nSPS) is 30.6. The molecule has 0 aliphatic heterocycles. The zero-order chi connectivity index (χ0) is 13.9. The Morgan fingerprint density at radius 2 is 2.05 bits per heavy atom. The van der Waals surface area contributed by atoms with Crippen molar-refractivity contribution in [2.24, 2.45) is 11.8 Å². The molecule has 0 radical (unpaired) electrons. The van der Waals surface area contributed by atoms with E-state index in [9.17, 15) is 0 Å². The summed E-state index contributed by atoms with van der Waals surface area (Å²) in [6.07, 6.45) is 6.58. The summed E-state index contributed by atoms with van der Waals surface area (Å²) >= 11 is 1.88. The summed E-state index contributed by atoms with van der Waals surface area (Å²) in [5.74, 6) is 1.69. The predicted molar refractivity (Wildman–Crippen MR) is 80.7 cm³/mol. The third kappa shape index (κ3) is 3.73. The molecule has 2 aliphatic carbocycles. The number of hydrogen-bond donors (Lipinski definition) is 1. The average Bonchev–Trinajstić information content (AvgIpc) is 3.15. The van der Waals surface area contributed by atoms with E-state index < -0.39 is 0 Å². The second kappa shape index (κ2) is 6.43. The minimum atomic E-state index is 0.683. The third-order valence-electron chi connectivity index (χ3n) is 4.66. The molecule has 2 saturated carbocycles. The highest BCUT2D eigenvalue weighted by Gasteiger charge is 2.26. The summed E-state index contributed by atoms with van der Waals surface area (Å²) in [7, 11) is 0. The standard InChI is InChI=1S/C14H25N5S/c1-10-3-6-13(9-11(10)2)20-14-16-17-18-19(14)8-7-15-12-4-5-12/h10-13,15H,3-9H2,1-2H3. The van der Waals surface area contributed by atoms with Gasteiger partial charge in [0.15, 0.2) is 0 Å². The van der Waals surface area contributed by atoms with E-state index in [1.54, 1.807) is 0 Å². The largest absolute Gasteiger partial charge is 0.312 e. The van der Waals surface area contributed by atoms with Crippen molar-refractivity contribution in [2.75, 3.05) is 6.54 Å². The molecule has 0 amide bonds. The Labute approximate surface area is 125 Å². The van der Waals surface area contributed by atoms with Crippen LogP contribution in [-0.4, -0.2) is 38.0 Å². The third-order valence-corrected chi connectivity index (χ3v) is 5.92. The fourth-order valence-electron chi connectivity index (χ4n) is 2.84. The van der Waals surface area contributed by atoms with Crippen molar-refractivity contribution in [1.29, 1.82) is 0 Å². The first-order valence-electron chi connectivity index (χ1n) is 7.88. The molecular weight excluding hydrogens is 270 g/mol. The quantitative estimate of drug-likeness (QED) is 0.873. The minimum absolute atomic E-state index is 0.683. The van der Waals surface area contributed by atoms with Crippen molar-refractivity contribution in [3.63, 3.8) is 0 Å². The first-order chi connectivity index (χ1) is 9.72. The Morgan fingerprint density at radius 1 is 1.20 bits per heavy atom. The van der Waals surface area contributed by atoms with Crippen LogP contribution in [0.2, 0.25) is 0 Å². The van der Waals surface area contributed by atoms with Gasteiger partial charge in [0.2, 0.25) is 5.16 Å². The van der Waals surface area contributed by atoms with Crippen molar-refractivity contribution in [3.05, 3.63) is 0 Å². The van der Waals surface area contributed by atoms with Gasteiger partial charge in [-0.25, -0.2) is 4.68 Å². The molecule has 5 nitrogen and oxygen atoms in total. The molecule has 0 bridgehead atoms. The topological polar surface area (TPSA) is 55.6 Å². The molecule has 2 fully saturated rings. The maximum atomic E-state index is 4.20. The molecule has 6 heteroatoms. The monoisotopic (exact) mass is 295 g/mol. The van der Waals surface area contributed by atoms with Crippen LogP contribution in [0, 0.1) is 11.8 Å². The molecule has 20 heavy (non-hydrogen) atoms. The molecule has 1 aromatic heterocycles. The Hall–Kier alpha value is -0.620. The predicted octanol–water partition coefficient (Wildman–Crippen LogP) is 2.34. The van der Waals surface area contributed by atoms with E-state index in [1.807, 2.05) is 16.4 Å². The fraction of sp³-hybridized carbons (Fsp3) is 0.929. The molecule has 112 valence electrons. The second-order valence-electron chi connectivity index (χ2n) is 6.42. The number of rotatable bonds is 6. The van der Waals surface area contributed by atoms with Crippen molar-refractivity contribution in [3.8, 4) is 0 Å². The van der Waals surface area contributed by atoms with Gasteiger partial charge < -0.3 is 5.32 Å². The summed E-state index contributed by atoms with van der Waals surface area (Å²) in [6, 6.07) is 0.753. The van der Waals surface area contributed by atoms with Gasteiger partial charge in [0, 0.05) is 17.8 Å². The van der Waals surface area contributed by atoms with Gasteiger partial charge in [-0.15, -0.1) is 5.10 Å². The van der Waals surface area contributed by atoms with Gasteiger partial charge in [0.05, 0.1) is 6.54 Å². The number of aromatic nitrogens is 4. The van der Waals surface area contributed by atoms with Gasteiger partial charge in [-0.1, -0.05) is 25.6 Å². The van der Waals surface area contributed by atoms with Crippen molar-refractivity contribution < 1.29 is 0 Å². The maximum Gasteiger partial charge on any atom is 0.209 e. The smallest absolute Gasteiger partial charge is 0.209 e. The Bertz CT molecular complexity index is 431. The van der Waals surface area contributed by atoms with Gasteiger partial charge >= 0.3 is 0 Å². The van der Waals surface area contributed by atoms with Crippen molar-refractivity contribution >= 4 is 11.8 Å². The van der Waals surface area contributed by atoms with E-state index >= 15 is 0 Å². The van der Waals surface area contributed by atoms with Gasteiger partial charge in [-0.2, -0.15) is 0 Å². The molecule has 2 aliphatic rings. The highest BCUT2D eigenvalue weighted by molar-refractivity contribution is 7.99. The Kier molecular flexibility index (Phi) is 4.61. The average molecular weight is 295 g/mol. The first-order valence-corrected chi connectivity index (χ1v) is 8.76.